The summed E-state index contributed by atoms with van der Waals surface area (Å²) < 4.78 is 63.5. The summed E-state index contributed by atoms with van der Waals surface area (Å²) in [5.41, 5.74) is 3.24. The van der Waals surface area contributed by atoms with Crippen LogP contribution in [0, 0.1) is 11.8 Å². The van der Waals surface area contributed by atoms with Crippen molar-refractivity contribution in [3.63, 3.8) is 0 Å². The van der Waals surface area contributed by atoms with Gasteiger partial charge in [0.2, 0.25) is 0 Å². The number of carboxylic acid groups (broad SMARTS) is 2. The van der Waals surface area contributed by atoms with Crippen molar-refractivity contribution in [3.8, 4) is 0 Å². The number of hydrogen-bond acceptors (Lipinski definition) is 4. The summed E-state index contributed by atoms with van der Waals surface area (Å²) in [7, 11) is 0. The van der Waals surface area contributed by atoms with Crippen molar-refractivity contribution in [2.24, 2.45) is 11.8 Å². The molecular formula is C24H32F6N2O4. The molecule has 204 valence electrons. The van der Waals surface area contributed by atoms with Crippen LogP contribution in [0.2, 0.25) is 0 Å². The number of hydrogen-bond donors (Lipinski definition) is 4. The van der Waals surface area contributed by atoms with Gasteiger partial charge in [0.05, 0.1) is 0 Å². The second kappa shape index (κ2) is 13.6. The lowest BCUT2D eigenvalue weighted by molar-refractivity contribution is -0.193. The second-order valence-electron chi connectivity index (χ2n) is 8.75. The number of nitrogens with one attached hydrogen (secondary N) is 2. The van der Waals surface area contributed by atoms with E-state index in [1.807, 2.05) is 0 Å². The molecule has 1 saturated heterocycles. The number of halogens is 6. The Morgan fingerprint density at radius 3 is 1.92 bits per heavy atom. The Morgan fingerprint density at radius 2 is 1.50 bits per heavy atom. The summed E-state index contributed by atoms with van der Waals surface area (Å²) >= 11 is 0. The smallest absolute Gasteiger partial charge is 0.475 e. The Hall–Kier alpha value is -2.60. The molecule has 2 aliphatic rings. The Bertz CT molecular complexity index is 844. The number of piperidine rings is 1. The van der Waals surface area contributed by atoms with Gasteiger partial charge in [-0.15, -0.1) is 0 Å². The van der Waals surface area contributed by atoms with E-state index in [0.717, 1.165) is 11.8 Å². The van der Waals surface area contributed by atoms with Gasteiger partial charge < -0.3 is 20.8 Å². The molecule has 0 aromatic heterocycles. The number of carbonyl (C=O) groups is 2. The number of rotatable bonds is 6. The first-order valence-electron chi connectivity index (χ1n) is 11.4. The molecular weight excluding hydrogens is 494 g/mol. The molecule has 1 aromatic carbocycles. The highest BCUT2D eigenvalue weighted by Crippen LogP contribution is 2.51. The highest BCUT2D eigenvalue weighted by molar-refractivity contribution is 5.73. The molecule has 0 spiro atoms. The fourth-order valence-corrected chi connectivity index (χ4v) is 3.96. The highest BCUT2D eigenvalue weighted by atomic mass is 19.4. The van der Waals surface area contributed by atoms with Gasteiger partial charge in [0.25, 0.3) is 0 Å². The summed E-state index contributed by atoms with van der Waals surface area (Å²) in [6, 6.07) is 10.7. The van der Waals surface area contributed by atoms with Crippen molar-refractivity contribution >= 4 is 18.0 Å². The molecule has 1 heterocycles. The Balaban J connectivity index is 0.000000383. The maximum Gasteiger partial charge on any atom is 0.490 e. The topological polar surface area (TPSA) is 98.7 Å². The van der Waals surface area contributed by atoms with Crippen molar-refractivity contribution < 1.29 is 46.1 Å². The summed E-state index contributed by atoms with van der Waals surface area (Å²) in [6.07, 6.45) is -2.59. The van der Waals surface area contributed by atoms with E-state index in [1.54, 1.807) is 0 Å². The minimum Gasteiger partial charge on any atom is -0.475 e. The van der Waals surface area contributed by atoms with Crippen LogP contribution in [0.3, 0.4) is 0 Å². The third-order valence-electron chi connectivity index (χ3n) is 6.14. The molecule has 2 atom stereocenters. The number of carboxylic acids is 2. The zero-order valence-corrected chi connectivity index (χ0v) is 20.0. The maximum absolute atomic E-state index is 10.6. The lowest BCUT2D eigenvalue weighted by Gasteiger charge is -2.26. The van der Waals surface area contributed by atoms with E-state index in [4.69, 9.17) is 19.8 Å². The Morgan fingerprint density at radius 1 is 1.03 bits per heavy atom. The van der Waals surface area contributed by atoms with Crippen LogP contribution >= 0.6 is 0 Å². The number of aliphatic carboxylic acids is 2. The van der Waals surface area contributed by atoms with Gasteiger partial charge in [0, 0.05) is 5.54 Å². The van der Waals surface area contributed by atoms with Gasteiger partial charge in [-0.3, -0.25) is 0 Å². The fraction of sp³-hybridized carbons (Fsp3) is 0.583. The van der Waals surface area contributed by atoms with E-state index in [1.165, 1.54) is 56.5 Å². The van der Waals surface area contributed by atoms with Gasteiger partial charge >= 0.3 is 24.3 Å². The normalized spacial score (nSPS) is 22.4. The molecule has 1 aliphatic carbocycles. The largest absolute Gasteiger partial charge is 0.490 e. The summed E-state index contributed by atoms with van der Waals surface area (Å²) in [6.45, 7) is 8.24. The zero-order valence-electron chi connectivity index (χ0n) is 20.0. The average molecular weight is 527 g/mol. The SMILES string of the molecule is CCC1(NCC2CCNCC2)CC1C(C)=Cc1ccccc1.O=C(O)C(F)(F)F.O=C(O)C(F)(F)F. The molecule has 36 heavy (non-hydrogen) atoms. The van der Waals surface area contributed by atoms with Crippen LogP contribution in [0.25, 0.3) is 6.08 Å². The molecule has 2 fully saturated rings. The lowest BCUT2D eigenvalue weighted by atomic mass is 9.96. The molecule has 0 amide bonds. The number of alkyl halides is 6. The van der Waals surface area contributed by atoms with E-state index in [9.17, 15) is 26.3 Å². The standard InChI is InChI=1S/C20H30N2.2C2HF3O2/c1-3-20(22-15-18-9-11-21-12-10-18)14-19(20)16(2)13-17-7-5-4-6-8-17;2*3-2(4,5)1(6)7/h4-8,13,18-19,21-22H,3,9-12,14-15H2,1-2H3;2*(H,6,7). The van der Waals surface area contributed by atoms with Crippen LogP contribution in [0.1, 0.15) is 45.1 Å². The maximum atomic E-state index is 10.6. The molecule has 3 rings (SSSR count). The number of benzene rings is 1. The van der Waals surface area contributed by atoms with Crippen molar-refractivity contribution in [1.29, 1.82) is 0 Å². The monoisotopic (exact) mass is 526 g/mol. The molecule has 2 unspecified atom stereocenters. The quantitative estimate of drug-likeness (QED) is 0.385. The Labute approximate surface area is 205 Å². The molecule has 4 N–H and O–H groups in total. The third-order valence-corrected chi connectivity index (χ3v) is 6.14. The van der Waals surface area contributed by atoms with Crippen molar-refractivity contribution in [1.82, 2.24) is 10.6 Å². The average Bonchev–Trinajstić information content (AvgIpc) is 3.54. The van der Waals surface area contributed by atoms with E-state index in [0.29, 0.717) is 5.54 Å². The first kappa shape index (κ1) is 31.4. The minimum atomic E-state index is -5.08. The van der Waals surface area contributed by atoms with Crippen molar-refractivity contribution in [3.05, 3.63) is 41.5 Å². The third kappa shape index (κ3) is 11.0. The first-order valence-corrected chi connectivity index (χ1v) is 11.4. The summed E-state index contributed by atoms with van der Waals surface area (Å²) in [5, 5.41) is 21.6. The van der Waals surface area contributed by atoms with Crippen LogP contribution < -0.4 is 10.6 Å². The summed E-state index contributed by atoms with van der Waals surface area (Å²) in [4.78, 5) is 17.8. The van der Waals surface area contributed by atoms with Crippen LogP contribution in [0.15, 0.2) is 35.9 Å². The van der Waals surface area contributed by atoms with Crippen LogP contribution in [-0.2, 0) is 9.59 Å². The molecule has 0 bridgehead atoms. The lowest BCUT2D eigenvalue weighted by Crippen LogP contribution is -2.40. The molecule has 1 saturated carbocycles. The van der Waals surface area contributed by atoms with Crippen molar-refractivity contribution in [2.45, 2.75) is 57.4 Å². The highest BCUT2D eigenvalue weighted by Gasteiger charge is 2.52. The van der Waals surface area contributed by atoms with Crippen LogP contribution in [-0.4, -0.2) is 59.7 Å². The molecule has 1 aliphatic heterocycles. The van der Waals surface area contributed by atoms with Gasteiger partial charge in [-0.1, -0.05) is 48.9 Å². The van der Waals surface area contributed by atoms with Gasteiger partial charge in [-0.2, -0.15) is 26.3 Å². The zero-order chi connectivity index (χ0) is 27.6. The molecule has 0 radical (unpaired) electrons. The van der Waals surface area contributed by atoms with Gasteiger partial charge in [0.15, 0.2) is 0 Å². The second-order valence-corrected chi connectivity index (χ2v) is 8.75. The van der Waals surface area contributed by atoms with Crippen molar-refractivity contribution in [2.75, 3.05) is 19.6 Å². The minimum absolute atomic E-state index is 0.375. The van der Waals surface area contributed by atoms with E-state index in [-0.39, 0.29) is 0 Å². The Kier molecular flexibility index (Phi) is 11.9. The first-order chi connectivity index (χ1) is 16.6. The van der Waals surface area contributed by atoms with E-state index >= 15 is 0 Å². The fourth-order valence-electron chi connectivity index (χ4n) is 3.96. The predicted molar refractivity (Wildman–Crippen MR) is 122 cm³/mol. The van der Waals surface area contributed by atoms with Gasteiger partial charge in [-0.05, 0) is 69.6 Å². The molecule has 1 aromatic rings. The van der Waals surface area contributed by atoms with Gasteiger partial charge in [-0.25, -0.2) is 9.59 Å². The van der Waals surface area contributed by atoms with E-state index < -0.39 is 24.3 Å². The van der Waals surface area contributed by atoms with Gasteiger partial charge in [0.1, 0.15) is 0 Å². The van der Waals surface area contributed by atoms with Crippen LogP contribution in [0.5, 0.6) is 0 Å². The molecule has 12 heteroatoms. The van der Waals surface area contributed by atoms with E-state index in [2.05, 4.69) is 60.9 Å². The predicted octanol–water partition coefficient (Wildman–Crippen LogP) is 5.11. The van der Waals surface area contributed by atoms with Crippen LogP contribution in [0.4, 0.5) is 26.3 Å². The summed E-state index contributed by atoms with van der Waals surface area (Å²) in [5.74, 6) is -3.93. The molecule has 6 nitrogen and oxygen atoms in total.